The smallest absolute Gasteiger partial charge is 0.230 e. The summed E-state index contributed by atoms with van der Waals surface area (Å²) in [7, 11) is 0. The highest BCUT2D eigenvalue weighted by molar-refractivity contribution is 6.19. The fourth-order valence-corrected chi connectivity index (χ4v) is 7.57. The lowest BCUT2D eigenvalue weighted by Gasteiger charge is -2.33. The fraction of sp³-hybridized carbons (Fsp3) is 0.333. The van der Waals surface area contributed by atoms with Crippen molar-refractivity contribution in [2.75, 3.05) is 28.8 Å². The minimum Gasteiger partial charge on any atom is -0.507 e. The minimum absolute atomic E-state index is 0.00603. The normalized spacial score (nSPS) is 22.1. The molecule has 1 fully saturated rings. The van der Waals surface area contributed by atoms with Gasteiger partial charge in [0, 0.05) is 59.6 Å². The molecule has 1 saturated carbocycles. The molecule has 0 bridgehead atoms. The monoisotopic (exact) mass is 554 g/mol. The van der Waals surface area contributed by atoms with Crippen LogP contribution in [0.25, 0.3) is 21.5 Å². The number of hydrogen-bond donors (Lipinski definition) is 2. The summed E-state index contributed by atoms with van der Waals surface area (Å²) in [6, 6.07) is 18.9. The van der Waals surface area contributed by atoms with Gasteiger partial charge < -0.3 is 20.0 Å². The van der Waals surface area contributed by atoms with E-state index in [1.54, 1.807) is 17.0 Å². The van der Waals surface area contributed by atoms with Gasteiger partial charge in [-0.25, -0.2) is 0 Å². The van der Waals surface area contributed by atoms with Crippen molar-refractivity contribution in [3.8, 4) is 11.5 Å². The van der Waals surface area contributed by atoms with Gasteiger partial charge in [-0.2, -0.15) is 0 Å². The molecule has 0 spiro atoms. The largest absolute Gasteiger partial charge is 0.507 e. The van der Waals surface area contributed by atoms with E-state index in [1.807, 2.05) is 53.4 Å². The molecule has 7 rings (SSSR count). The number of alkyl halides is 1. The highest BCUT2D eigenvalue weighted by atomic mass is 35.5. The number of hydrogen-bond acceptors (Lipinski definition) is 4. The number of carbonyl (C=O) groups excluding carboxylic acids is 2. The number of rotatable bonds is 3. The Morgan fingerprint density at radius 1 is 0.800 bits per heavy atom. The molecular formula is C33H31ClN2O4. The van der Waals surface area contributed by atoms with Crippen LogP contribution in [0.1, 0.15) is 42.7 Å². The van der Waals surface area contributed by atoms with Crippen molar-refractivity contribution < 1.29 is 19.8 Å². The molecule has 0 saturated heterocycles. The Morgan fingerprint density at radius 2 is 1.38 bits per heavy atom. The first-order chi connectivity index (χ1) is 19.5. The zero-order valence-electron chi connectivity index (χ0n) is 22.1. The molecule has 0 radical (unpaired) electrons. The Morgan fingerprint density at radius 3 is 2.05 bits per heavy atom. The summed E-state index contributed by atoms with van der Waals surface area (Å²) < 4.78 is 0. The predicted octanol–water partition coefficient (Wildman–Crippen LogP) is 6.47. The number of halogens is 1. The average Bonchev–Trinajstić information content (AvgIpc) is 3.58. The van der Waals surface area contributed by atoms with Crippen molar-refractivity contribution in [2.45, 2.75) is 38.0 Å². The molecule has 6 nitrogen and oxygen atoms in total. The number of phenols is 2. The van der Waals surface area contributed by atoms with Crippen LogP contribution < -0.4 is 9.80 Å². The summed E-state index contributed by atoms with van der Waals surface area (Å²) in [4.78, 5) is 31.5. The summed E-state index contributed by atoms with van der Waals surface area (Å²) in [6.07, 6.45) is 3.54. The van der Waals surface area contributed by atoms with Crippen LogP contribution in [0.4, 0.5) is 11.4 Å². The number of phenolic OH excluding ortho intramolecular Hbond substituents is 2. The number of carbonyl (C=O) groups is 2. The van der Waals surface area contributed by atoms with Gasteiger partial charge in [0.1, 0.15) is 11.5 Å². The number of fused-ring (bicyclic) bond motifs is 6. The molecule has 1 aliphatic carbocycles. The summed E-state index contributed by atoms with van der Waals surface area (Å²) in [5.41, 5.74) is 3.63. The van der Waals surface area contributed by atoms with E-state index in [-0.39, 0.29) is 41.1 Å². The second-order valence-electron chi connectivity index (χ2n) is 11.4. The number of nitrogens with zero attached hydrogens (tertiary/aromatic N) is 2. The first-order valence-electron chi connectivity index (χ1n) is 14.1. The SMILES string of the molecule is O=C(C1CCCC(C(=O)N2CC(CCl)c3c2cc(O)c2ccccc32)C1)N1CCc2c1cc(O)c1ccccc21. The third-order valence-corrected chi connectivity index (χ3v) is 9.60. The standard InChI is InChI=1S/C33H31ClN2O4/c34-17-21-18-36(28-16-30(38)25-10-3-4-11-26(25)31(21)28)33(40)20-7-5-6-19(14-20)32(39)35-13-12-23-22-8-1-2-9-24(22)29(37)15-27(23)35/h1-4,8-11,15-16,19-21,37-38H,5-7,12-14,17-18H2. The van der Waals surface area contributed by atoms with Crippen LogP contribution in [0.5, 0.6) is 11.5 Å². The highest BCUT2D eigenvalue weighted by Gasteiger charge is 2.41. The van der Waals surface area contributed by atoms with Crippen molar-refractivity contribution in [1.82, 2.24) is 0 Å². The minimum atomic E-state index is -0.273. The Hall–Kier alpha value is -3.77. The van der Waals surface area contributed by atoms with E-state index in [0.29, 0.717) is 25.4 Å². The molecule has 0 aromatic heterocycles. The van der Waals surface area contributed by atoms with Crippen molar-refractivity contribution >= 4 is 56.3 Å². The second-order valence-corrected chi connectivity index (χ2v) is 11.7. The van der Waals surface area contributed by atoms with Crippen molar-refractivity contribution in [3.05, 3.63) is 71.8 Å². The Labute approximate surface area is 237 Å². The molecule has 3 atom stereocenters. The molecule has 4 aromatic carbocycles. The van der Waals surface area contributed by atoms with Crippen LogP contribution in [0.2, 0.25) is 0 Å². The number of amides is 2. The topological polar surface area (TPSA) is 81.1 Å². The molecule has 3 aliphatic rings. The van der Waals surface area contributed by atoms with Gasteiger partial charge in [-0.05, 0) is 47.6 Å². The van der Waals surface area contributed by atoms with E-state index >= 15 is 0 Å². The molecule has 2 N–H and O–H groups in total. The predicted molar refractivity (Wildman–Crippen MR) is 159 cm³/mol. The highest BCUT2D eigenvalue weighted by Crippen LogP contribution is 2.47. The molecule has 7 heteroatoms. The average molecular weight is 555 g/mol. The maximum Gasteiger partial charge on any atom is 0.230 e. The van der Waals surface area contributed by atoms with Crippen LogP contribution in [0.15, 0.2) is 60.7 Å². The third-order valence-electron chi connectivity index (χ3n) is 9.22. The van der Waals surface area contributed by atoms with E-state index in [0.717, 1.165) is 69.7 Å². The lowest BCUT2D eigenvalue weighted by atomic mass is 9.80. The van der Waals surface area contributed by atoms with E-state index in [1.165, 1.54) is 0 Å². The van der Waals surface area contributed by atoms with Crippen molar-refractivity contribution in [3.63, 3.8) is 0 Å². The molecule has 2 heterocycles. The summed E-state index contributed by atoms with van der Waals surface area (Å²) in [6.45, 7) is 1.06. The van der Waals surface area contributed by atoms with Gasteiger partial charge in [0.15, 0.2) is 0 Å². The summed E-state index contributed by atoms with van der Waals surface area (Å²) >= 11 is 6.39. The van der Waals surface area contributed by atoms with Crippen LogP contribution in [0, 0.1) is 11.8 Å². The van der Waals surface area contributed by atoms with Crippen LogP contribution in [-0.4, -0.2) is 41.0 Å². The lowest BCUT2D eigenvalue weighted by molar-refractivity contribution is -0.127. The molecule has 4 aromatic rings. The van der Waals surface area contributed by atoms with Gasteiger partial charge in [-0.15, -0.1) is 11.6 Å². The van der Waals surface area contributed by atoms with Gasteiger partial charge >= 0.3 is 0 Å². The Bertz CT molecular complexity index is 1680. The molecule has 204 valence electrons. The molecule has 3 unspecified atom stereocenters. The maximum atomic E-state index is 14.0. The van der Waals surface area contributed by atoms with Crippen molar-refractivity contribution in [2.24, 2.45) is 11.8 Å². The first-order valence-corrected chi connectivity index (χ1v) is 14.7. The summed E-state index contributed by atoms with van der Waals surface area (Å²) in [5, 5.41) is 24.9. The Kier molecular flexibility index (Phi) is 6.12. The van der Waals surface area contributed by atoms with E-state index < -0.39 is 0 Å². The second kappa shape index (κ2) is 9.70. The Balaban J connectivity index is 1.15. The van der Waals surface area contributed by atoms with Crippen LogP contribution in [-0.2, 0) is 16.0 Å². The van der Waals surface area contributed by atoms with E-state index in [2.05, 4.69) is 0 Å². The fourth-order valence-electron chi connectivity index (χ4n) is 7.32. The number of anilines is 2. The van der Waals surface area contributed by atoms with Gasteiger partial charge in [-0.1, -0.05) is 55.0 Å². The molecule has 2 amide bonds. The van der Waals surface area contributed by atoms with E-state index in [4.69, 9.17) is 11.6 Å². The zero-order chi connectivity index (χ0) is 27.5. The zero-order valence-corrected chi connectivity index (χ0v) is 22.9. The van der Waals surface area contributed by atoms with Gasteiger partial charge in [0.2, 0.25) is 11.8 Å². The van der Waals surface area contributed by atoms with Crippen LogP contribution in [0.3, 0.4) is 0 Å². The quantitative estimate of drug-likeness (QED) is 0.284. The molecular weight excluding hydrogens is 524 g/mol. The van der Waals surface area contributed by atoms with Gasteiger partial charge in [0.05, 0.1) is 11.4 Å². The van der Waals surface area contributed by atoms with E-state index in [9.17, 15) is 19.8 Å². The van der Waals surface area contributed by atoms with Gasteiger partial charge in [0.25, 0.3) is 0 Å². The molecule has 2 aliphatic heterocycles. The van der Waals surface area contributed by atoms with Gasteiger partial charge in [-0.3, -0.25) is 9.59 Å². The third kappa shape index (κ3) is 3.84. The summed E-state index contributed by atoms with van der Waals surface area (Å²) in [5.74, 6) is 0.221. The first kappa shape index (κ1) is 25.2. The molecule has 40 heavy (non-hydrogen) atoms. The number of aromatic hydroxyl groups is 2. The van der Waals surface area contributed by atoms with Crippen molar-refractivity contribution in [1.29, 1.82) is 0 Å². The lowest BCUT2D eigenvalue weighted by Crippen LogP contribution is -2.42. The van der Waals surface area contributed by atoms with Crippen LogP contribution >= 0.6 is 11.6 Å². The maximum absolute atomic E-state index is 14.0. The number of benzene rings is 4.